The third-order valence-corrected chi connectivity index (χ3v) is 3.10. The van der Waals surface area contributed by atoms with E-state index in [0.717, 1.165) is 24.8 Å². The first-order valence-corrected chi connectivity index (χ1v) is 6.19. The largest absolute Gasteiger partial charge is 0.573 e. The number of hydrogen-bond donors (Lipinski definition) is 1. The van der Waals surface area contributed by atoms with Crippen molar-refractivity contribution >= 4 is 0 Å². The number of hydrogen-bond acceptors (Lipinski definition) is 3. The number of rotatable bonds is 3. The van der Waals surface area contributed by atoms with Crippen LogP contribution in [-0.4, -0.2) is 19.0 Å². The molecule has 1 aliphatic rings. The summed E-state index contributed by atoms with van der Waals surface area (Å²) in [7, 11) is 0. The second kappa shape index (κ2) is 5.79. The van der Waals surface area contributed by atoms with E-state index in [1.165, 1.54) is 12.1 Å². The van der Waals surface area contributed by atoms with E-state index in [1.807, 2.05) is 0 Å². The van der Waals surface area contributed by atoms with Gasteiger partial charge in [0.15, 0.2) is 0 Å². The van der Waals surface area contributed by atoms with Crippen LogP contribution in [0.1, 0.15) is 30.9 Å². The molecule has 0 bridgehead atoms. The molecular formula is C13H16F3NO2. The summed E-state index contributed by atoms with van der Waals surface area (Å²) in [6.07, 6.45) is -1.92. The van der Waals surface area contributed by atoms with Gasteiger partial charge >= 0.3 is 6.36 Å². The SMILES string of the molecule is NC[C@@H]1CCCC(c2ccc(OC(F)(F)F)cc2)O1. The van der Waals surface area contributed by atoms with Crippen LogP contribution in [0, 0.1) is 0 Å². The second-order valence-corrected chi connectivity index (χ2v) is 4.53. The second-order valence-electron chi connectivity index (χ2n) is 4.53. The highest BCUT2D eigenvalue weighted by Crippen LogP contribution is 2.32. The summed E-state index contributed by atoms with van der Waals surface area (Å²) in [6, 6.07) is 5.81. The average Bonchev–Trinajstić information content (AvgIpc) is 2.38. The highest BCUT2D eigenvalue weighted by Gasteiger charge is 2.31. The fraction of sp³-hybridized carbons (Fsp3) is 0.538. The van der Waals surface area contributed by atoms with Gasteiger partial charge in [0.25, 0.3) is 0 Å². The van der Waals surface area contributed by atoms with Crippen molar-refractivity contribution in [1.82, 2.24) is 0 Å². The summed E-state index contributed by atoms with van der Waals surface area (Å²) in [5.74, 6) is -0.220. The average molecular weight is 275 g/mol. The molecule has 1 unspecified atom stereocenters. The molecular weight excluding hydrogens is 259 g/mol. The van der Waals surface area contributed by atoms with Crippen molar-refractivity contribution in [3.8, 4) is 5.75 Å². The van der Waals surface area contributed by atoms with Gasteiger partial charge < -0.3 is 15.2 Å². The molecule has 106 valence electrons. The zero-order chi connectivity index (χ0) is 13.9. The highest BCUT2D eigenvalue weighted by atomic mass is 19.4. The maximum atomic E-state index is 12.0. The normalized spacial score (nSPS) is 24.2. The summed E-state index contributed by atoms with van der Waals surface area (Å²) in [4.78, 5) is 0. The molecule has 2 N–H and O–H groups in total. The first-order chi connectivity index (χ1) is 8.98. The minimum absolute atomic E-state index is 0.0323. The van der Waals surface area contributed by atoms with Crippen LogP contribution in [-0.2, 0) is 4.74 Å². The van der Waals surface area contributed by atoms with Crippen LogP contribution in [0.4, 0.5) is 13.2 Å². The van der Waals surface area contributed by atoms with Gasteiger partial charge in [-0.15, -0.1) is 13.2 Å². The van der Waals surface area contributed by atoms with Gasteiger partial charge in [0.1, 0.15) is 5.75 Å². The van der Waals surface area contributed by atoms with E-state index >= 15 is 0 Å². The molecule has 3 nitrogen and oxygen atoms in total. The van der Waals surface area contributed by atoms with Gasteiger partial charge in [0.05, 0.1) is 12.2 Å². The van der Waals surface area contributed by atoms with Crippen molar-refractivity contribution in [1.29, 1.82) is 0 Å². The Hall–Kier alpha value is -1.27. The summed E-state index contributed by atoms with van der Waals surface area (Å²) >= 11 is 0. The van der Waals surface area contributed by atoms with Gasteiger partial charge in [-0.1, -0.05) is 12.1 Å². The molecule has 1 aromatic carbocycles. The number of benzene rings is 1. The number of alkyl halides is 3. The Morgan fingerprint density at radius 3 is 2.47 bits per heavy atom. The molecule has 2 atom stereocenters. The number of nitrogens with two attached hydrogens (primary N) is 1. The summed E-state index contributed by atoms with van der Waals surface area (Å²) in [5.41, 5.74) is 6.42. The predicted molar refractivity (Wildman–Crippen MR) is 63.6 cm³/mol. The third-order valence-electron chi connectivity index (χ3n) is 3.10. The zero-order valence-electron chi connectivity index (χ0n) is 10.3. The Bertz CT molecular complexity index is 405. The molecule has 1 aromatic rings. The van der Waals surface area contributed by atoms with Crippen LogP contribution in [0.15, 0.2) is 24.3 Å². The molecule has 1 fully saturated rings. The van der Waals surface area contributed by atoms with Crippen molar-refractivity contribution in [2.24, 2.45) is 5.73 Å². The van der Waals surface area contributed by atoms with Gasteiger partial charge in [-0.05, 0) is 37.0 Å². The van der Waals surface area contributed by atoms with Crippen molar-refractivity contribution in [3.05, 3.63) is 29.8 Å². The van der Waals surface area contributed by atoms with Crippen LogP contribution in [0.3, 0.4) is 0 Å². The highest BCUT2D eigenvalue weighted by molar-refractivity contribution is 5.29. The third kappa shape index (κ3) is 4.11. The van der Waals surface area contributed by atoms with Crippen LogP contribution < -0.4 is 10.5 Å². The molecule has 19 heavy (non-hydrogen) atoms. The Labute approximate surface area is 109 Å². The Kier molecular flexibility index (Phi) is 4.31. The number of ether oxygens (including phenoxy) is 2. The van der Waals surface area contributed by atoms with Gasteiger partial charge in [-0.3, -0.25) is 0 Å². The quantitative estimate of drug-likeness (QED) is 0.921. The van der Waals surface area contributed by atoms with E-state index < -0.39 is 6.36 Å². The lowest BCUT2D eigenvalue weighted by molar-refractivity contribution is -0.274. The molecule has 2 rings (SSSR count). The predicted octanol–water partition coefficient (Wildman–Crippen LogP) is 3.15. The maximum absolute atomic E-state index is 12.0. The van der Waals surface area contributed by atoms with Gasteiger partial charge in [0.2, 0.25) is 0 Å². The zero-order valence-corrected chi connectivity index (χ0v) is 10.3. The van der Waals surface area contributed by atoms with E-state index in [2.05, 4.69) is 4.74 Å². The molecule has 0 saturated carbocycles. The van der Waals surface area contributed by atoms with Crippen LogP contribution >= 0.6 is 0 Å². The van der Waals surface area contributed by atoms with E-state index in [4.69, 9.17) is 10.5 Å². The smallest absolute Gasteiger partial charge is 0.406 e. The molecule has 1 saturated heterocycles. The van der Waals surface area contributed by atoms with Crippen molar-refractivity contribution < 1.29 is 22.6 Å². The van der Waals surface area contributed by atoms with E-state index in [1.54, 1.807) is 12.1 Å². The molecule has 0 aromatic heterocycles. The monoisotopic (exact) mass is 275 g/mol. The van der Waals surface area contributed by atoms with Crippen molar-refractivity contribution in [2.75, 3.05) is 6.54 Å². The standard InChI is InChI=1S/C13H16F3NO2/c14-13(15,16)19-10-6-4-9(5-7-10)12-3-1-2-11(8-17)18-12/h4-7,11-12H,1-3,8,17H2/t11-,12?/m0/s1. The number of halogens is 3. The lowest BCUT2D eigenvalue weighted by Crippen LogP contribution is -2.29. The Morgan fingerprint density at radius 1 is 1.21 bits per heavy atom. The summed E-state index contributed by atoms with van der Waals surface area (Å²) in [6.45, 7) is 0.464. The molecule has 0 amide bonds. The molecule has 0 radical (unpaired) electrons. The van der Waals surface area contributed by atoms with Crippen LogP contribution in [0.5, 0.6) is 5.75 Å². The molecule has 0 spiro atoms. The molecule has 1 heterocycles. The first kappa shape index (κ1) is 14.1. The molecule has 6 heteroatoms. The fourth-order valence-corrected chi connectivity index (χ4v) is 2.20. The lowest BCUT2D eigenvalue weighted by atomic mass is 9.98. The minimum Gasteiger partial charge on any atom is -0.406 e. The van der Waals surface area contributed by atoms with E-state index in [0.29, 0.717) is 6.54 Å². The molecule has 0 aliphatic carbocycles. The minimum atomic E-state index is -4.66. The lowest BCUT2D eigenvalue weighted by Gasteiger charge is -2.29. The topological polar surface area (TPSA) is 44.5 Å². The molecule has 1 aliphatic heterocycles. The Morgan fingerprint density at radius 2 is 1.89 bits per heavy atom. The van der Waals surface area contributed by atoms with E-state index in [-0.39, 0.29) is 18.0 Å². The van der Waals surface area contributed by atoms with Crippen molar-refractivity contribution in [2.45, 2.75) is 37.8 Å². The van der Waals surface area contributed by atoms with Gasteiger partial charge in [-0.25, -0.2) is 0 Å². The maximum Gasteiger partial charge on any atom is 0.573 e. The Balaban J connectivity index is 2.01. The van der Waals surface area contributed by atoms with Gasteiger partial charge in [0, 0.05) is 6.54 Å². The summed E-state index contributed by atoms with van der Waals surface area (Å²) in [5, 5.41) is 0. The van der Waals surface area contributed by atoms with Crippen molar-refractivity contribution in [3.63, 3.8) is 0 Å². The summed E-state index contributed by atoms with van der Waals surface area (Å²) < 4.78 is 45.7. The van der Waals surface area contributed by atoms with E-state index in [9.17, 15) is 13.2 Å². The van der Waals surface area contributed by atoms with Crippen LogP contribution in [0.25, 0.3) is 0 Å². The van der Waals surface area contributed by atoms with Crippen LogP contribution in [0.2, 0.25) is 0 Å². The van der Waals surface area contributed by atoms with Gasteiger partial charge in [-0.2, -0.15) is 0 Å². The first-order valence-electron chi connectivity index (χ1n) is 6.19. The fourth-order valence-electron chi connectivity index (χ4n) is 2.20.